The Morgan fingerprint density at radius 1 is 1.41 bits per heavy atom. The zero-order chi connectivity index (χ0) is 12.4. The van der Waals surface area contributed by atoms with Crippen molar-refractivity contribution in [3.8, 4) is 0 Å². The van der Waals surface area contributed by atoms with Gasteiger partial charge in [0.25, 0.3) is 0 Å². The molecule has 0 saturated heterocycles. The molecule has 0 saturated carbocycles. The third-order valence-corrected chi connectivity index (χ3v) is 4.65. The second-order valence-electron chi connectivity index (χ2n) is 3.76. The van der Waals surface area contributed by atoms with Crippen molar-refractivity contribution in [2.45, 2.75) is 13.0 Å². The minimum atomic E-state index is -0.0857. The van der Waals surface area contributed by atoms with Crippen molar-refractivity contribution < 1.29 is 0 Å². The minimum Gasteiger partial charge on any atom is -0.271 e. The van der Waals surface area contributed by atoms with Crippen molar-refractivity contribution in [1.82, 2.24) is 5.43 Å². The van der Waals surface area contributed by atoms with Crippen molar-refractivity contribution in [2.24, 2.45) is 5.84 Å². The molecule has 0 aliphatic heterocycles. The number of hydrogen-bond acceptors (Lipinski definition) is 3. The van der Waals surface area contributed by atoms with Gasteiger partial charge in [-0.15, -0.1) is 11.3 Å². The third kappa shape index (κ3) is 2.72. The van der Waals surface area contributed by atoms with Gasteiger partial charge in [-0.1, -0.05) is 39.7 Å². The summed E-state index contributed by atoms with van der Waals surface area (Å²) in [7, 11) is 0. The van der Waals surface area contributed by atoms with Gasteiger partial charge in [0.1, 0.15) is 0 Å². The average molecular weight is 332 g/mol. The molecule has 0 amide bonds. The third-order valence-electron chi connectivity index (χ3n) is 2.54. The first-order chi connectivity index (χ1) is 8.13. The molecule has 0 aliphatic rings. The number of benzene rings is 1. The summed E-state index contributed by atoms with van der Waals surface area (Å²) in [5, 5.41) is 2.70. The van der Waals surface area contributed by atoms with Crippen LogP contribution in [0.3, 0.4) is 0 Å². The molecule has 0 aliphatic carbocycles. The average Bonchev–Trinajstić information content (AvgIpc) is 2.69. The molecule has 1 aromatic heterocycles. The van der Waals surface area contributed by atoms with Gasteiger partial charge in [0.2, 0.25) is 0 Å². The number of aryl methyl sites for hydroxylation is 1. The highest BCUT2D eigenvalue weighted by molar-refractivity contribution is 9.10. The molecular formula is C12H12BrClN2S. The van der Waals surface area contributed by atoms with Gasteiger partial charge in [-0.25, -0.2) is 5.43 Å². The van der Waals surface area contributed by atoms with Crippen molar-refractivity contribution in [3.05, 3.63) is 55.1 Å². The van der Waals surface area contributed by atoms with Crippen LogP contribution in [0, 0.1) is 6.92 Å². The van der Waals surface area contributed by atoms with Crippen LogP contribution in [-0.4, -0.2) is 0 Å². The quantitative estimate of drug-likeness (QED) is 0.658. The number of nitrogens with two attached hydrogens (primary N) is 1. The van der Waals surface area contributed by atoms with E-state index < -0.39 is 0 Å². The highest BCUT2D eigenvalue weighted by Gasteiger charge is 2.19. The largest absolute Gasteiger partial charge is 0.271 e. The van der Waals surface area contributed by atoms with Gasteiger partial charge in [0, 0.05) is 9.35 Å². The Labute approximate surface area is 118 Å². The van der Waals surface area contributed by atoms with E-state index in [9.17, 15) is 0 Å². The number of nitrogens with one attached hydrogen (secondary N) is 1. The van der Waals surface area contributed by atoms with Crippen LogP contribution in [0.5, 0.6) is 0 Å². The molecule has 90 valence electrons. The Bertz CT molecular complexity index is 527. The standard InChI is InChI=1S/C12H12BrClN2S/c1-7-2-3-8(9(13)6-7)11(16-15)12-10(14)4-5-17-12/h2-6,11,16H,15H2,1H3. The summed E-state index contributed by atoms with van der Waals surface area (Å²) in [6, 6.07) is 7.98. The number of rotatable bonds is 3. The molecule has 2 rings (SSSR count). The maximum absolute atomic E-state index is 6.15. The summed E-state index contributed by atoms with van der Waals surface area (Å²) in [4.78, 5) is 1.03. The summed E-state index contributed by atoms with van der Waals surface area (Å²) >= 11 is 11.3. The Hall–Kier alpha value is -0.390. The van der Waals surface area contributed by atoms with Gasteiger partial charge in [0.05, 0.1) is 11.1 Å². The molecular weight excluding hydrogens is 320 g/mol. The summed E-state index contributed by atoms with van der Waals surface area (Å²) in [6.45, 7) is 2.05. The molecule has 1 heterocycles. The van der Waals surface area contributed by atoms with Gasteiger partial charge in [-0.05, 0) is 35.6 Å². The molecule has 0 bridgehead atoms. The van der Waals surface area contributed by atoms with E-state index in [0.717, 1.165) is 19.9 Å². The van der Waals surface area contributed by atoms with Crippen LogP contribution in [0.25, 0.3) is 0 Å². The number of hydrogen-bond donors (Lipinski definition) is 2. The van der Waals surface area contributed by atoms with Gasteiger partial charge < -0.3 is 0 Å². The Kier molecular flexibility index (Phi) is 4.22. The topological polar surface area (TPSA) is 38.0 Å². The Morgan fingerprint density at radius 2 is 2.18 bits per heavy atom. The highest BCUT2D eigenvalue weighted by Crippen LogP contribution is 2.35. The van der Waals surface area contributed by atoms with Crippen molar-refractivity contribution in [3.63, 3.8) is 0 Å². The van der Waals surface area contributed by atoms with Gasteiger partial charge in [-0.2, -0.15) is 0 Å². The fourth-order valence-corrected chi connectivity index (χ4v) is 3.65. The molecule has 5 heteroatoms. The molecule has 0 radical (unpaired) electrons. The van der Waals surface area contributed by atoms with Crippen molar-refractivity contribution >= 4 is 38.9 Å². The van der Waals surface area contributed by atoms with Crippen LogP contribution in [0.2, 0.25) is 5.02 Å². The molecule has 1 unspecified atom stereocenters. The SMILES string of the molecule is Cc1ccc(C(NN)c2sccc2Cl)c(Br)c1. The predicted octanol–water partition coefficient (Wildman–Crippen LogP) is 4.03. The molecule has 1 atom stereocenters. The first-order valence-corrected chi connectivity index (χ1v) is 7.13. The summed E-state index contributed by atoms with van der Waals surface area (Å²) in [6.07, 6.45) is 0. The lowest BCUT2D eigenvalue weighted by atomic mass is 10.0. The van der Waals surface area contributed by atoms with E-state index >= 15 is 0 Å². The fraction of sp³-hybridized carbons (Fsp3) is 0.167. The van der Waals surface area contributed by atoms with E-state index in [-0.39, 0.29) is 6.04 Å². The Morgan fingerprint density at radius 3 is 2.71 bits per heavy atom. The van der Waals surface area contributed by atoms with Crippen LogP contribution in [0.4, 0.5) is 0 Å². The van der Waals surface area contributed by atoms with E-state index in [1.165, 1.54) is 5.56 Å². The lowest BCUT2D eigenvalue weighted by Gasteiger charge is -2.17. The van der Waals surface area contributed by atoms with Gasteiger partial charge in [-0.3, -0.25) is 5.84 Å². The fourth-order valence-electron chi connectivity index (χ4n) is 1.68. The normalized spacial score (nSPS) is 12.7. The molecule has 2 aromatic rings. The first kappa shape index (κ1) is 13.1. The maximum Gasteiger partial charge on any atom is 0.0828 e. The molecule has 1 aromatic carbocycles. The number of halogens is 2. The van der Waals surface area contributed by atoms with Crippen LogP contribution in [0.1, 0.15) is 22.0 Å². The zero-order valence-corrected chi connectivity index (χ0v) is 12.4. The molecule has 3 N–H and O–H groups in total. The Balaban J connectivity index is 2.46. The smallest absolute Gasteiger partial charge is 0.0828 e. The maximum atomic E-state index is 6.15. The molecule has 0 spiro atoms. The summed E-state index contributed by atoms with van der Waals surface area (Å²) < 4.78 is 1.03. The molecule has 17 heavy (non-hydrogen) atoms. The van der Waals surface area contributed by atoms with Crippen molar-refractivity contribution in [1.29, 1.82) is 0 Å². The monoisotopic (exact) mass is 330 g/mol. The summed E-state index contributed by atoms with van der Waals surface area (Å²) in [5.41, 5.74) is 5.11. The van der Waals surface area contributed by atoms with Crippen LogP contribution < -0.4 is 11.3 Å². The van der Waals surface area contributed by atoms with Crippen LogP contribution in [0.15, 0.2) is 34.1 Å². The van der Waals surface area contributed by atoms with Gasteiger partial charge in [0.15, 0.2) is 0 Å². The van der Waals surface area contributed by atoms with E-state index in [1.807, 2.05) is 11.4 Å². The second-order valence-corrected chi connectivity index (χ2v) is 5.97. The zero-order valence-electron chi connectivity index (χ0n) is 9.21. The van der Waals surface area contributed by atoms with E-state index in [1.54, 1.807) is 11.3 Å². The van der Waals surface area contributed by atoms with Crippen molar-refractivity contribution in [2.75, 3.05) is 0 Å². The lowest BCUT2D eigenvalue weighted by molar-refractivity contribution is 0.644. The number of hydrazine groups is 1. The number of thiophene rings is 1. The second kappa shape index (κ2) is 5.50. The minimum absolute atomic E-state index is 0.0857. The lowest BCUT2D eigenvalue weighted by Crippen LogP contribution is -2.28. The highest BCUT2D eigenvalue weighted by atomic mass is 79.9. The van der Waals surface area contributed by atoms with E-state index in [2.05, 4.69) is 46.5 Å². The van der Waals surface area contributed by atoms with Crippen LogP contribution >= 0.6 is 38.9 Å². The van der Waals surface area contributed by atoms with E-state index in [4.69, 9.17) is 17.4 Å². The van der Waals surface area contributed by atoms with Crippen LogP contribution in [-0.2, 0) is 0 Å². The first-order valence-electron chi connectivity index (χ1n) is 5.08. The molecule has 2 nitrogen and oxygen atoms in total. The van der Waals surface area contributed by atoms with E-state index in [0.29, 0.717) is 0 Å². The predicted molar refractivity (Wildman–Crippen MR) is 77.4 cm³/mol. The van der Waals surface area contributed by atoms with Gasteiger partial charge >= 0.3 is 0 Å². The molecule has 0 fully saturated rings. The summed E-state index contributed by atoms with van der Waals surface area (Å²) in [5.74, 6) is 5.65.